The largest absolute Gasteiger partial charge is 0.416 e. The minimum atomic E-state index is -4.40. The fourth-order valence-electron chi connectivity index (χ4n) is 3.69. The number of hydrogen-bond acceptors (Lipinski definition) is 5. The first-order valence-corrected chi connectivity index (χ1v) is 11.0. The molecular formula is C23H22F3N3O2S. The van der Waals surface area contributed by atoms with Gasteiger partial charge in [0.15, 0.2) is 0 Å². The molecular weight excluding hydrogens is 439 g/mol. The van der Waals surface area contributed by atoms with Gasteiger partial charge in [-0.1, -0.05) is 36.4 Å². The third kappa shape index (κ3) is 5.35. The van der Waals surface area contributed by atoms with Crippen molar-refractivity contribution < 1.29 is 23.1 Å². The molecule has 1 amide bonds. The first-order chi connectivity index (χ1) is 15.3. The maximum atomic E-state index is 12.7. The Kier molecular flexibility index (Phi) is 6.59. The van der Waals surface area contributed by atoms with Crippen molar-refractivity contribution in [1.82, 2.24) is 15.6 Å². The lowest BCUT2D eigenvalue weighted by atomic mass is 10.1. The predicted octanol–water partition coefficient (Wildman–Crippen LogP) is 3.68. The van der Waals surface area contributed by atoms with E-state index in [1.807, 2.05) is 12.1 Å². The molecule has 0 aliphatic heterocycles. The number of nitrogens with zero attached hydrogens (tertiary/aromatic N) is 1. The summed E-state index contributed by atoms with van der Waals surface area (Å²) >= 11 is 1.08. The number of alkyl halides is 3. The summed E-state index contributed by atoms with van der Waals surface area (Å²) < 4.78 is 38.1. The number of amides is 1. The fourth-order valence-corrected chi connectivity index (χ4v) is 4.53. The third-order valence-electron chi connectivity index (χ3n) is 5.38. The molecule has 0 saturated carbocycles. The summed E-state index contributed by atoms with van der Waals surface area (Å²) in [5, 5.41) is 16.7. The standard InChI is InChI=1S/C23H22F3N3O2S/c24-23(25,26)17-7-5-14(6-8-17)22-29-13-20(32-22)21(31)28-12-19(30)11-27-18-9-15-3-1-2-4-16(15)10-18/h1-8,13,18-19,27,30H,9-12H2,(H,28,31)/t19-/m1/s1. The van der Waals surface area contributed by atoms with Crippen LogP contribution in [0.1, 0.15) is 26.4 Å². The molecule has 1 atom stereocenters. The quantitative estimate of drug-likeness (QED) is 0.502. The molecule has 0 bridgehead atoms. The fraction of sp³-hybridized carbons (Fsp3) is 0.304. The molecule has 0 unspecified atom stereocenters. The normalized spacial score (nSPS) is 14.9. The molecule has 1 aliphatic carbocycles. The minimum absolute atomic E-state index is 0.0824. The summed E-state index contributed by atoms with van der Waals surface area (Å²) in [6.45, 7) is 0.442. The Bertz CT molecular complexity index is 1060. The first-order valence-electron chi connectivity index (χ1n) is 10.2. The molecule has 32 heavy (non-hydrogen) atoms. The van der Waals surface area contributed by atoms with Crippen LogP contribution in [-0.2, 0) is 19.0 Å². The number of nitrogens with one attached hydrogen (secondary N) is 2. The zero-order valence-corrected chi connectivity index (χ0v) is 17.8. The number of carbonyl (C=O) groups is 1. The number of hydrogen-bond donors (Lipinski definition) is 3. The van der Waals surface area contributed by atoms with Gasteiger partial charge in [-0.3, -0.25) is 4.79 Å². The number of fused-ring (bicyclic) bond motifs is 1. The van der Waals surface area contributed by atoms with Gasteiger partial charge < -0.3 is 15.7 Å². The number of thiazole rings is 1. The second-order valence-corrected chi connectivity index (χ2v) is 8.78. The summed E-state index contributed by atoms with van der Waals surface area (Å²) in [5.74, 6) is -0.381. The average Bonchev–Trinajstić information content (AvgIpc) is 3.42. The maximum Gasteiger partial charge on any atom is 0.416 e. The van der Waals surface area contributed by atoms with Crippen LogP contribution in [0, 0.1) is 0 Å². The van der Waals surface area contributed by atoms with E-state index in [0.717, 1.165) is 36.3 Å². The zero-order chi connectivity index (χ0) is 22.7. The summed E-state index contributed by atoms with van der Waals surface area (Å²) in [7, 11) is 0. The van der Waals surface area contributed by atoms with Crippen LogP contribution in [0.2, 0.25) is 0 Å². The lowest BCUT2D eigenvalue weighted by Gasteiger charge is -2.16. The third-order valence-corrected chi connectivity index (χ3v) is 6.43. The number of benzene rings is 2. The van der Waals surface area contributed by atoms with E-state index >= 15 is 0 Å². The molecule has 4 rings (SSSR count). The summed E-state index contributed by atoms with van der Waals surface area (Å²) in [4.78, 5) is 16.8. The van der Waals surface area contributed by atoms with E-state index in [4.69, 9.17) is 0 Å². The molecule has 168 valence electrons. The summed E-state index contributed by atoms with van der Waals surface area (Å²) in [6.07, 6.45) is -1.92. The van der Waals surface area contributed by atoms with Gasteiger partial charge in [-0.2, -0.15) is 13.2 Å². The topological polar surface area (TPSA) is 74.2 Å². The smallest absolute Gasteiger partial charge is 0.390 e. The predicted molar refractivity (Wildman–Crippen MR) is 117 cm³/mol. The number of carbonyl (C=O) groups excluding carboxylic acids is 1. The van der Waals surface area contributed by atoms with Gasteiger partial charge in [0.1, 0.15) is 9.88 Å². The number of aromatic nitrogens is 1. The second kappa shape index (κ2) is 9.40. The van der Waals surface area contributed by atoms with Crippen molar-refractivity contribution in [1.29, 1.82) is 0 Å². The Morgan fingerprint density at radius 2 is 1.75 bits per heavy atom. The molecule has 1 aliphatic rings. The van der Waals surface area contributed by atoms with Crippen molar-refractivity contribution >= 4 is 17.2 Å². The van der Waals surface area contributed by atoms with Crippen LogP contribution in [-0.4, -0.2) is 41.2 Å². The van der Waals surface area contributed by atoms with Crippen LogP contribution in [0.3, 0.4) is 0 Å². The lowest BCUT2D eigenvalue weighted by Crippen LogP contribution is -2.41. The molecule has 1 aromatic heterocycles. The second-order valence-electron chi connectivity index (χ2n) is 7.75. The van der Waals surface area contributed by atoms with Crippen molar-refractivity contribution in [2.45, 2.75) is 31.2 Å². The van der Waals surface area contributed by atoms with Gasteiger partial charge in [-0.05, 0) is 36.1 Å². The van der Waals surface area contributed by atoms with Gasteiger partial charge in [0.05, 0.1) is 17.9 Å². The van der Waals surface area contributed by atoms with Crippen molar-refractivity contribution in [3.05, 3.63) is 76.3 Å². The number of halogens is 3. The van der Waals surface area contributed by atoms with Gasteiger partial charge in [-0.25, -0.2) is 4.98 Å². The molecule has 1 heterocycles. The molecule has 5 nitrogen and oxygen atoms in total. The van der Waals surface area contributed by atoms with Crippen molar-refractivity contribution in [2.24, 2.45) is 0 Å². The van der Waals surface area contributed by atoms with E-state index in [0.29, 0.717) is 22.0 Å². The van der Waals surface area contributed by atoms with E-state index in [2.05, 4.69) is 27.8 Å². The van der Waals surface area contributed by atoms with Gasteiger partial charge in [0, 0.05) is 24.7 Å². The summed E-state index contributed by atoms with van der Waals surface area (Å²) in [6, 6.07) is 13.2. The highest BCUT2D eigenvalue weighted by atomic mass is 32.1. The maximum absolute atomic E-state index is 12.7. The van der Waals surface area contributed by atoms with E-state index < -0.39 is 17.8 Å². The number of aliphatic hydroxyl groups excluding tert-OH is 1. The molecule has 9 heteroatoms. The Hall–Kier alpha value is -2.75. The monoisotopic (exact) mass is 461 g/mol. The van der Waals surface area contributed by atoms with Gasteiger partial charge in [0.2, 0.25) is 0 Å². The van der Waals surface area contributed by atoms with Gasteiger partial charge in [0.25, 0.3) is 5.91 Å². The van der Waals surface area contributed by atoms with Gasteiger partial charge >= 0.3 is 6.18 Å². The van der Waals surface area contributed by atoms with Crippen molar-refractivity contribution in [2.75, 3.05) is 13.1 Å². The number of rotatable bonds is 7. The van der Waals surface area contributed by atoms with Crippen molar-refractivity contribution in [3.63, 3.8) is 0 Å². The highest BCUT2D eigenvalue weighted by molar-refractivity contribution is 7.16. The van der Waals surface area contributed by atoms with Crippen LogP contribution in [0.4, 0.5) is 13.2 Å². The summed E-state index contributed by atoms with van der Waals surface area (Å²) in [5.41, 5.74) is 2.41. The Morgan fingerprint density at radius 3 is 2.38 bits per heavy atom. The van der Waals surface area contributed by atoms with Gasteiger partial charge in [-0.15, -0.1) is 11.3 Å². The minimum Gasteiger partial charge on any atom is -0.390 e. The SMILES string of the molecule is O=C(NC[C@H](O)CNC1Cc2ccccc2C1)c1cnc(-c2ccc(C(F)(F)F)cc2)s1. The van der Waals surface area contributed by atoms with Crippen LogP contribution >= 0.6 is 11.3 Å². The zero-order valence-electron chi connectivity index (χ0n) is 17.0. The lowest BCUT2D eigenvalue weighted by molar-refractivity contribution is -0.137. The van der Waals surface area contributed by atoms with E-state index in [1.165, 1.54) is 29.5 Å². The highest BCUT2D eigenvalue weighted by Crippen LogP contribution is 2.32. The van der Waals surface area contributed by atoms with Crippen LogP contribution in [0.25, 0.3) is 10.6 Å². The van der Waals surface area contributed by atoms with Crippen LogP contribution < -0.4 is 10.6 Å². The molecule has 0 saturated heterocycles. The van der Waals surface area contributed by atoms with Crippen LogP contribution in [0.15, 0.2) is 54.7 Å². The van der Waals surface area contributed by atoms with E-state index in [-0.39, 0.29) is 18.5 Å². The Labute approximate surface area is 187 Å². The van der Waals surface area contributed by atoms with Crippen molar-refractivity contribution in [3.8, 4) is 10.6 Å². The van der Waals surface area contributed by atoms with E-state index in [1.54, 1.807) is 0 Å². The molecule has 0 spiro atoms. The van der Waals surface area contributed by atoms with Crippen LogP contribution in [0.5, 0.6) is 0 Å². The molecule has 0 fully saturated rings. The molecule has 2 aromatic carbocycles. The first kappa shape index (κ1) is 22.4. The molecule has 3 N–H and O–H groups in total. The molecule has 3 aromatic rings. The Balaban J connectivity index is 1.24. The highest BCUT2D eigenvalue weighted by Gasteiger charge is 2.30. The number of aliphatic hydroxyl groups is 1. The van der Waals surface area contributed by atoms with E-state index in [9.17, 15) is 23.1 Å². The Morgan fingerprint density at radius 1 is 1.09 bits per heavy atom. The average molecular weight is 462 g/mol. The molecule has 0 radical (unpaired) electrons.